The van der Waals surface area contributed by atoms with Gasteiger partial charge in [-0.1, -0.05) is 17.7 Å². The van der Waals surface area contributed by atoms with E-state index >= 15 is 0 Å². The van der Waals surface area contributed by atoms with Crippen LogP contribution in [-0.4, -0.2) is 29.8 Å². The molecule has 0 amide bonds. The number of anilines is 2. The van der Waals surface area contributed by atoms with E-state index in [4.69, 9.17) is 32.5 Å². The lowest BCUT2D eigenvalue weighted by Gasteiger charge is -2.15. The molecule has 0 aliphatic carbocycles. The van der Waals surface area contributed by atoms with E-state index in [2.05, 4.69) is 9.97 Å². The van der Waals surface area contributed by atoms with E-state index in [0.29, 0.717) is 58.9 Å². The van der Waals surface area contributed by atoms with Gasteiger partial charge in [-0.25, -0.2) is 9.97 Å². The minimum atomic E-state index is 0.348. The van der Waals surface area contributed by atoms with Crippen LogP contribution in [0.15, 0.2) is 36.5 Å². The van der Waals surface area contributed by atoms with Crippen LogP contribution in [0.1, 0.15) is 6.92 Å². The van der Waals surface area contributed by atoms with Crippen LogP contribution in [0.2, 0.25) is 5.02 Å². The van der Waals surface area contributed by atoms with Gasteiger partial charge in [-0.05, 0) is 25.1 Å². The Morgan fingerprint density at radius 3 is 2.80 bits per heavy atom. The molecule has 7 heteroatoms. The topological polar surface area (TPSA) is 96.3 Å². The molecule has 130 valence electrons. The van der Waals surface area contributed by atoms with Crippen molar-refractivity contribution in [3.63, 3.8) is 0 Å². The molecule has 0 aliphatic rings. The van der Waals surface area contributed by atoms with Crippen LogP contribution in [-0.2, 0) is 4.74 Å². The predicted molar refractivity (Wildman–Crippen MR) is 101 cm³/mol. The quantitative estimate of drug-likeness (QED) is 0.654. The average Bonchev–Trinajstić information content (AvgIpc) is 2.59. The number of pyridine rings is 2. The molecular weight excluding hydrogens is 340 g/mol. The molecule has 1 aromatic carbocycles. The fourth-order valence-corrected chi connectivity index (χ4v) is 2.81. The summed E-state index contributed by atoms with van der Waals surface area (Å²) in [6.07, 6.45) is 1.66. The number of hydrogen-bond donors (Lipinski definition) is 2. The number of nitrogen functional groups attached to an aromatic ring is 2. The molecule has 0 unspecified atom stereocenters. The monoisotopic (exact) mass is 358 g/mol. The maximum Gasteiger partial charge on any atom is 0.132 e. The number of ether oxygens (including phenoxy) is 2. The highest BCUT2D eigenvalue weighted by Gasteiger charge is 2.16. The summed E-state index contributed by atoms with van der Waals surface area (Å²) < 4.78 is 11.1. The molecule has 0 aliphatic heterocycles. The van der Waals surface area contributed by atoms with Crippen molar-refractivity contribution < 1.29 is 9.47 Å². The first-order chi connectivity index (χ1) is 12.1. The summed E-state index contributed by atoms with van der Waals surface area (Å²) >= 11 is 6.42. The van der Waals surface area contributed by atoms with Crippen molar-refractivity contribution in [1.82, 2.24) is 9.97 Å². The lowest BCUT2D eigenvalue weighted by atomic mass is 10.0. The highest BCUT2D eigenvalue weighted by molar-refractivity contribution is 6.34. The highest BCUT2D eigenvalue weighted by Crippen LogP contribution is 2.40. The van der Waals surface area contributed by atoms with Crippen molar-refractivity contribution >= 4 is 34.1 Å². The molecule has 0 bridgehead atoms. The first-order valence-corrected chi connectivity index (χ1v) is 8.29. The molecule has 0 saturated heterocycles. The van der Waals surface area contributed by atoms with Gasteiger partial charge in [0.05, 0.1) is 17.1 Å². The van der Waals surface area contributed by atoms with Gasteiger partial charge in [-0.15, -0.1) is 0 Å². The highest BCUT2D eigenvalue weighted by atomic mass is 35.5. The minimum absolute atomic E-state index is 0.348. The second-order valence-electron chi connectivity index (χ2n) is 5.38. The van der Waals surface area contributed by atoms with Gasteiger partial charge >= 0.3 is 0 Å². The molecule has 3 rings (SSSR count). The van der Waals surface area contributed by atoms with Crippen LogP contribution >= 0.6 is 11.6 Å². The van der Waals surface area contributed by atoms with E-state index in [0.717, 1.165) is 5.39 Å². The Morgan fingerprint density at radius 1 is 1.16 bits per heavy atom. The molecular formula is C18H19ClN4O2. The summed E-state index contributed by atoms with van der Waals surface area (Å²) in [4.78, 5) is 8.53. The number of hydrogen-bond acceptors (Lipinski definition) is 6. The maximum atomic E-state index is 6.42. The van der Waals surface area contributed by atoms with Crippen molar-refractivity contribution in [2.45, 2.75) is 6.92 Å². The van der Waals surface area contributed by atoms with E-state index in [-0.39, 0.29) is 0 Å². The van der Waals surface area contributed by atoms with Crippen LogP contribution in [0.3, 0.4) is 0 Å². The zero-order chi connectivity index (χ0) is 17.8. The second-order valence-corrected chi connectivity index (χ2v) is 5.79. The lowest BCUT2D eigenvalue weighted by molar-refractivity contribution is 0.110. The molecule has 2 aromatic heterocycles. The van der Waals surface area contributed by atoms with Crippen molar-refractivity contribution in [2.75, 3.05) is 31.3 Å². The Morgan fingerprint density at radius 2 is 2.00 bits per heavy atom. The number of aromatic nitrogens is 2. The van der Waals surface area contributed by atoms with Gasteiger partial charge in [0.2, 0.25) is 0 Å². The summed E-state index contributed by atoms with van der Waals surface area (Å²) in [6.45, 7) is 3.49. The van der Waals surface area contributed by atoms with E-state index in [1.807, 2.05) is 25.1 Å². The number of nitrogens with zero attached hydrogens (tertiary/aromatic N) is 2. The number of rotatable bonds is 6. The Balaban J connectivity index is 2.04. The summed E-state index contributed by atoms with van der Waals surface area (Å²) in [5.74, 6) is 1.37. The second kappa shape index (κ2) is 7.55. The molecule has 0 saturated carbocycles. The number of benzene rings is 1. The summed E-state index contributed by atoms with van der Waals surface area (Å²) in [5, 5.41) is 1.35. The molecule has 0 radical (unpaired) electrons. The molecule has 6 nitrogen and oxygen atoms in total. The molecule has 0 spiro atoms. The van der Waals surface area contributed by atoms with E-state index in [1.54, 1.807) is 18.3 Å². The van der Waals surface area contributed by atoms with Crippen LogP contribution in [0.25, 0.3) is 22.0 Å². The largest absolute Gasteiger partial charge is 0.490 e. The van der Waals surface area contributed by atoms with Crippen LogP contribution in [0.4, 0.5) is 11.6 Å². The third-order valence-electron chi connectivity index (χ3n) is 3.68. The summed E-state index contributed by atoms with van der Waals surface area (Å²) in [5.41, 5.74) is 13.9. The zero-order valence-corrected chi connectivity index (χ0v) is 14.6. The van der Waals surface area contributed by atoms with Crippen LogP contribution in [0, 0.1) is 0 Å². The van der Waals surface area contributed by atoms with Gasteiger partial charge in [0.15, 0.2) is 0 Å². The standard InChI is InChI=1S/C18H19ClN4O2/c1-2-24-6-7-25-15-5-3-4-13(19)17(15)12-8-11-10-22-16(20)9-14(11)23-18(12)21/h3-5,8-10H,2,6-7H2,1H3,(H2,20,22)(H2,21,23). The number of halogens is 1. The summed E-state index contributed by atoms with van der Waals surface area (Å²) in [7, 11) is 0. The fourth-order valence-electron chi connectivity index (χ4n) is 2.54. The van der Waals surface area contributed by atoms with Crippen LogP contribution < -0.4 is 16.2 Å². The normalized spacial score (nSPS) is 11.0. The first kappa shape index (κ1) is 17.3. The fraction of sp³-hybridized carbons (Fsp3) is 0.222. The van der Waals surface area contributed by atoms with Crippen molar-refractivity contribution in [2.24, 2.45) is 0 Å². The average molecular weight is 359 g/mol. The van der Waals surface area contributed by atoms with Gasteiger partial charge < -0.3 is 20.9 Å². The van der Waals surface area contributed by atoms with E-state index in [9.17, 15) is 0 Å². The van der Waals surface area contributed by atoms with Crippen molar-refractivity contribution in [3.8, 4) is 16.9 Å². The van der Waals surface area contributed by atoms with Crippen molar-refractivity contribution in [1.29, 1.82) is 0 Å². The first-order valence-electron chi connectivity index (χ1n) is 7.91. The zero-order valence-electron chi connectivity index (χ0n) is 13.8. The number of fused-ring (bicyclic) bond motifs is 1. The van der Waals surface area contributed by atoms with Gasteiger partial charge in [0.25, 0.3) is 0 Å². The minimum Gasteiger partial charge on any atom is -0.490 e. The Bertz CT molecular complexity index is 902. The van der Waals surface area contributed by atoms with Gasteiger partial charge in [0.1, 0.15) is 24.0 Å². The van der Waals surface area contributed by atoms with Gasteiger partial charge in [-0.3, -0.25) is 0 Å². The molecule has 4 N–H and O–H groups in total. The Hall–Kier alpha value is -2.57. The smallest absolute Gasteiger partial charge is 0.132 e. The lowest BCUT2D eigenvalue weighted by Crippen LogP contribution is -2.07. The molecule has 25 heavy (non-hydrogen) atoms. The van der Waals surface area contributed by atoms with Crippen molar-refractivity contribution in [3.05, 3.63) is 41.6 Å². The molecule has 3 aromatic rings. The molecule has 2 heterocycles. The Labute approximate surface area is 150 Å². The SMILES string of the molecule is CCOCCOc1cccc(Cl)c1-c1cc2cnc(N)cc2nc1N. The summed E-state index contributed by atoms with van der Waals surface area (Å²) in [6, 6.07) is 9.03. The van der Waals surface area contributed by atoms with Crippen LogP contribution in [0.5, 0.6) is 5.75 Å². The number of nitrogens with two attached hydrogens (primary N) is 2. The molecule has 0 fully saturated rings. The van der Waals surface area contributed by atoms with Gasteiger partial charge in [-0.2, -0.15) is 0 Å². The van der Waals surface area contributed by atoms with Gasteiger partial charge in [0, 0.05) is 35.4 Å². The Kier molecular flexibility index (Phi) is 5.21. The predicted octanol–water partition coefficient (Wildman–Crippen LogP) is 3.53. The van der Waals surface area contributed by atoms with E-state index < -0.39 is 0 Å². The molecule has 0 atom stereocenters. The maximum absolute atomic E-state index is 6.42. The third-order valence-corrected chi connectivity index (χ3v) is 4.00. The van der Waals surface area contributed by atoms with E-state index in [1.165, 1.54) is 0 Å². The third kappa shape index (κ3) is 3.75.